The molecule has 0 aliphatic heterocycles. The van der Waals surface area contributed by atoms with Crippen molar-refractivity contribution in [3.05, 3.63) is 34.9 Å². The van der Waals surface area contributed by atoms with Gasteiger partial charge < -0.3 is 15.4 Å². The van der Waals surface area contributed by atoms with Crippen molar-refractivity contribution < 1.29 is 14.3 Å². The first-order valence-corrected chi connectivity index (χ1v) is 7.58. The second-order valence-corrected chi connectivity index (χ2v) is 6.00. The molecule has 0 saturated carbocycles. The summed E-state index contributed by atoms with van der Waals surface area (Å²) in [6.07, 6.45) is 0. The Kier molecular flexibility index (Phi) is 7.35. The summed E-state index contributed by atoms with van der Waals surface area (Å²) in [5.74, 6) is -0.558. The van der Waals surface area contributed by atoms with Gasteiger partial charge in [0, 0.05) is 23.7 Å². The van der Waals surface area contributed by atoms with E-state index < -0.39 is 6.04 Å². The maximum atomic E-state index is 12.3. The van der Waals surface area contributed by atoms with Crippen molar-refractivity contribution in [3.63, 3.8) is 0 Å². The van der Waals surface area contributed by atoms with Crippen LogP contribution < -0.4 is 10.6 Å². The minimum atomic E-state index is -0.609. The maximum Gasteiger partial charge on any atom is 0.251 e. The van der Waals surface area contributed by atoms with E-state index in [-0.39, 0.29) is 23.8 Å². The van der Waals surface area contributed by atoms with Crippen LogP contribution in [0, 0.1) is 5.92 Å². The van der Waals surface area contributed by atoms with Crippen LogP contribution in [0.15, 0.2) is 24.3 Å². The molecule has 0 saturated heterocycles. The summed E-state index contributed by atoms with van der Waals surface area (Å²) in [7, 11) is 1.57. The molecule has 1 rings (SSSR count). The predicted octanol–water partition coefficient (Wildman–Crippen LogP) is 2.25. The fourth-order valence-electron chi connectivity index (χ4n) is 1.99. The molecule has 5 nitrogen and oxygen atoms in total. The monoisotopic (exact) mass is 326 g/mol. The summed E-state index contributed by atoms with van der Waals surface area (Å²) in [6.45, 7) is 6.03. The predicted molar refractivity (Wildman–Crippen MR) is 87.0 cm³/mol. The number of hydrogen-bond donors (Lipinski definition) is 2. The third-order valence-electron chi connectivity index (χ3n) is 3.15. The molecule has 2 N–H and O–H groups in total. The Labute approximate surface area is 136 Å². The van der Waals surface area contributed by atoms with Crippen LogP contribution in [-0.4, -0.2) is 37.6 Å². The molecule has 0 fully saturated rings. The molecule has 0 unspecified atom stereocenters. The molecule has 0 bridgehead atoms. The second kappa shape index (κ2) is 8.76. The van der Waals surface area contributed by atoms with Gasteiger partial charge in [-0.05, 0) is 37.1 Å². The molecule has 2 atom stereocenters. The molecule has 122 valence electrons. The third-order valence-corrected chi connectivity index (χ3v) is 3.40. The Morgan fingerprint density at radius 3 is 2.23 bits per heavy atom. The first kappa shape index (κ1) is 18.5. The Hall–Kier alpha value is -1.59. The first-order valence-electron chi connectivity index (χ1n) is 7.21. The minimum Gasteiger partial charge on any atom is -0.383 e. The lowest BCUT2D eigenvalue weighted by molar-refractivity contribution is -0.124. The zero-order valence-electron chi connectivity index (χ0n) is 13.4. The van der Waals surface area contributed by atoms with Crippen LogP contribution in [0.3, 0.4) is 0 Å². The van der Waals surface area contributed by atoms with Crippen LogP contribution in [0.25, 0.3) is 0 Å². The van der Waals surface area contributed by atoms with Gasteiger partial charge in [-0.2, -0.15) is 0 Å². The maximum absolute atomic E-state index is 12.3. The highest BCUT2D eigenvalue weighted by Gasteiger charge is 2.25. The lowest BCUT2D eigenvalue weighted by Gasteiger charge is -2.24. The number of carbonyl (C=O) groups is 2. The summed E-state index contributed by atoms with van der Waals surface area (Å²) < 4.78 is 4.99. The summed E-state index contributed by atoms with van der Waals surface area (Å²) >= 11 is 5.80. The van der Waals surface area contributed by atoms with Crippen LogP contribution in [0.2, 0.25) is 5.02 Å². The standard InChI is InChI=1S/C16H23ClN2O3/c1-10(2)14(16(21)18-11(3)9-22-4)19-15(20)12-5-7-13(17)8-6-12/h5-8,10-11,14H,9H2,1-4H3,(H,18,21)(H,19,20)/t11-,14-/m1/s1. The zero-order valence-corrected chi connectivity index (χ0v) is 14.1. The van der Waals surface area contributed by atoms with E-state index in [1.165, 1.54) is 0 Å². The topological polar surface area (TPSA) is 67.4 Å². The van der Waals surface area contributed by atoms with E-state index in [4.69, 9.17) is 16.3 Å². The lowest BCUT2D eigenvalue weighted by Crippen LogP contribution is -2.52. The Balaban J connectivity index is 2.73. The highest BCUT2D eigenvalue weighted by atomic mass is 35.5. The number of amides is 2. The van der Waals surface area contributed by atoms with E-state index in [0.29, 0.717) is 17.2 Å². The molecule has 1 aromatic carbocycles. The van der Waals surface area contributed by atoms with Gasteiger partial charge in [0.15, 0.2) is 0 Å². The highest BCUT2D eigenvalue weighted by molar-refractivity contribution is 6.30. The van der Waals surface area contributed by atoms with E-state index in [1.807, 2.05) is 20.8 Å². The fourth-order valence-corrected chi connectivity index (χ4v) is 2.11. The number of benzene rings is 1. The Bertz CT molecular complexity index is 503. The molecule has 0 radical (unpaired) electrons. The number of rotatable bonds is 7. The van der Waals surface area contributed by atoms with Crippen LogP contribution in [0.5, 0.6) is 0 Å². The summed E-state index contributed by atoms with van der Waals surface area (Å²) in [5, 5.41) is 6.15. The summed E-state index contributed by atoms with van der Waals surface area (Å²) in [6, 6.07) is 5.80. The molecular weight excluding hydrogens is 304 g/mol. The van der Waals surface area contributed by atoms with Crippen molar-refractivity contribution in [1.29, 1.82) is 0 Å². The molecule has 6 heteroatoms. The van der Waals surface area contributed by atoms with Gasteiger partial charge in [0.1, 0.15) is 6.04 Å². The number of halogens is 1. The van der Waals surface area contributed by atoms with Crippen LogP contribution in [-0.2, 0) is 9.53 Å². The number of methoxy groups -OCH3 is 1. The third kappa shape index (κ3) is 5.66. The highest BCUT2D eigenvalue weighted by Crippen LogP contribution is 2.10. The molecule has 1 aromatic rings. The van der Waals surface area contributed by atoms with Crippen molar-refractivity contribution in [2.24, 2.45) is 5.92 Å². The van der Waals surface area contributed by atoms with Crippen molar-refractivity contribution >= 4 is 23.4 Å². The molecular formula is C16H23ClN2O3. The molecule has 22 heavy (non-hydrogen) atoms. The van der Waals surface area contributed by atoms with Crippen molar-refractivity contribution in [2.75, 3.05) is 13.7 Å². The normalized spacial score (nSPS) is 13.5. The van der Waals surface area contributed by atoms with Crippen LogP contribution in [0.1, 0.15) is 31.1 Å². The Morgan fingerprint density at radius 1 is 1.14 bits per heavy atom. The van der Waals surface area contributed by atoms with Crippen molar-refractivity contribution in [1.82, 2.24) is 10.6 Å². The molecule has 2 amide bonds. The fraction of sp³-hybridized carbons (Fsp3) is 0.500. The van der Waals surface area contributed by atoms with Gasteiger partial charge in [0.25, 0.3) is 5.91 Å². The molecule has 0 aliphatic carbocycles. The lowest BCUT2D eigenvalue weighted by atomic mass is 10.0. The molecule has 0 spiro atoms. The van der Waals surface area contributed by atoms with Gasteiger partial charge in [0.05, 0.1) is 6.61 Å². The number of carbonyl (C=O) groups excluding carboxylic acids is 2. The molecule has 0 aromatic heterocycles. The van der Waals surface area contributed by atoms with Crippen molar-refractivity contribution in [2.45, 2.75) is 32.9 Å². The number of ether oxygens (including phenoxy) is 1. The van der Waals surface area contributed by atoms with Gasteiger partial charge >= 0.3 is 0 Å². The van der Waals surface area contributed by atoms with Crippen LogP contribution >= 0.6 is 11.6 Å². The van der Waals surface area contributed by atoms with E-state index in [9.17, 15) is 9.59 Å². The Morgan fingerprint density at radius 2 is 1.73 bits per heavy atom. The van der Waals surface area contributed by atoms with E-state index in [2.05, 4.69) is 10.6 Å². The number of hydrogen-bond acceptors (Lipinski definition) is 3. The van der Waals surface area contributed by atoms with E-state index in [1.54, 1.807) is 31.4 Å². The van der Waals surface area contributed by atoms with Crippen molar-refractivity contribution in [3.8, 4) is 0 Å². The summed E-state index contributed by atoms with van der Waals surface area (Å²) in [4.78, 5) is 24.5. The zero-order chi connectivity index (χ0) is 16.7. The average Bonchev–Trinajstić information content (AvgIpc) is 2.44. The van der Waals surface area contributed by atoms with Gasteiger partial charge in [-0.25, -0.2) is 0 Å². The first-order chi connectivity index (χ1) is 10.3. The van der Waals surface area contributed by atoms with Gasteiger partial charge in [0.2, 0.25) is 5.91 Å². The van der Waals surface area contributed by atoms with Crippen LogP contribution in [0.4, 0.5) is 0 Å². The van der Waals surface area contributed by atoms with E-state index in [0.717, 1.165) is 0 Å². The second-order valence-electron chi connectivity index (χ2n) is 5.57. The number of nitrogens with one attached hydrogen (secondary N) is 2. The van der Waals surface area contributed by atoms with Gasteiger partial charge in [-0.3, -0.25) is 9.59 Å². The summed E-state index contributed by atoms with van der Waals surface area (Å²) in [5.41, 5.74) is 0.466. The minimum absolute atomic E-state index is 0.0361. The van der Waals surface area contributed by atoms with Gasteiger partial charge in [-0.15, -0.1) is 0 Å². The molecule has 0 aliphatic rings. The SMILES string of the molecule is COC[C@@H](C)NC(=O)[C@H](NC(=O)c1ccc(Cl)cc1)C(C)C. The molecule has 0 heterocycles. The van der Waals surface area contributed by atoms with Gasteiger partial charge in [-0.1, -0.05) is 25.4 Å². The largest absolute Gasteiger partial charge is 0.383 e. The smallest absolute Gasteiger partial charge is 0.251 e. The van der Waals surface area contributed by atoms with E-state index >= 15 is 0 Å². The average molecular weight is 327 g/mol. The quantitative estimate of drug-likeness (QED) is 0.807.